The predicted molar refractivity (Wildman–Crippen MR) is 117 cm³/mol. The Morgan fingerprint density at radius 2 is 2.10 bits per heavy atom. The highest BCUT2D eigenvalue weighted by atomic mass is 16.6. The zero-order valence-electron chi connectivity index (χ0n) is 18.7. The van der Waals surface area contributed by atoms with Crippen LogP contribution in [0.25, 0.3) is 0 Å². The Bertz CT molecular complexity index is 893. The lowest BCUT2D eigenvalue weighted by Gasteiger charge is -2.30. The lowest BCUT2D eigenvalue weighted by molar-refractivity contribution is -0.385. The van der Waals surface area contributed by atoms with Crippen molar-refractivity contribution in [3.63, 3.8) is 0 Å². The van der Waals surface area contributed by atoms with E-state index in [-0.39, 0.29) is 17.0 Å². The third-order valence-electron chi connectivity index (χ3n) is 5.96. The van der Waals surface area contributed by atoms with Gasteiger partial charge in [-0.1, -0.05) is 12.5 Å². The number of hydrogen-bond acceptors (Lipinski definition) is 8. The molecule has 3 rings (SSSR count). The normalized spacial score (nSPS) is 20.4. The fraction of sp³-hybridized carbons (Fsp3) is 0.667. The molecule has 10 heteroatoms. The Kier molecular flexibility index (Phi) is 7.22. The fourth-order valence-electron chi connectivity index (χ4n) is 4.33. The first-order chi connectivity index (χ1) is 14.7. The van der Waals surface area contributed by atoms with Crippen LogP contribution in [0.4, 0.5) is 5.69 Å². The number of methoxy groups -OCH3 is 1. The second-order valence-electron chi connectivity index (χ2n) is 9.28. The van der Waals surface area contributed by atoms with Gasteiger partial charge in [0.05, 0.1) is 23.6 Å². The van der Waals surface area contributed by atoms with Gasteiger partial charge in [-0.3, -0.25) is 10.1 Å². The maximum Gasteiger partial charge on any atom is 0.311 e. The Morgan fingerprint density at radius 1 is 1.35 bits per heavy atom. The number of aromatic nitrogens is 4. The molecular weight excluding hydrogens is 398 g/mol. The second-order valence-corrected chi connectivity index (χ2v) is 9.28. The van der Waals surface area contributed by atoms with E-state index < -0.39 is 11.0 Å². The molecule has 0 radical (unpaired) electrons. The molecule has 31 heavy (non-hydrogen) atoms. The van der Waals surface area contributed by atoms with Crippen LogP contribution < -0.4 is 15.8 Å². The van der Waals surface area contributed by atoms with Crippen LogP contribution in [0.2, 0.25) is 0 Å². The third kappa shape index (κ3) is 5.37. The van der Waals surface area contributed by atoms with Crippen LogP contribution in [-0.2, 0) is 5.54 Å². The van der Waals surface area contributed by atoms with Crippen molar-refractivity contribution in [3.05, 3.63) is 39.7 Å². The Morgan fingerprint density at radius 3 is 2.74 bits per heavy atom. The SMILES string of the molecule is COc1ccc(C(NCC2CCCC(CN)C2)c2nnnn2C(C)(C)C)cc1[N+](=O)[O-]. The third-order valence-corrected chi connectivity index (χ3v) is 5.96. The summed E-state index contributed by atoms with van der Waals surface area (Å²) in [7, 11) is 1.43. The highest BCUT2D eigenvalue weighted by Gasteiger charge is 2.30. The first kappa shape index (κ1) is 23.1. The van der Waals surface area contributed by atoms with Crippen molar-refractivity contribution >= 4 is 5.69 Å². The number of benzene rings is 1. The minimum Gasteiger partial charge on any atom is -0.490 e. The number of ether oxygens (including phenoxy) is 1. The van der Waals surface area contributed by atoms with E-state index in [2.05, 4.69) is 20.8 Å². The number of nitro benzene ring substituents is 1. The minimum atomic E-state index is -0.431. The average Bonchev–Trinajstić information content (AvgIpc) is 3.24. The van der Waals surface area contributed by atoms with E-state index in [1.54, 1.807) is 16.8 Å². The lowest BCUT2D eigenvalue weighted by Crippen LogP contribution is -2.35. The monoisotopic (exact) mass is 431 g/mol. The molecule has 10 nitrogen and oxygen atoms in total. The van der Waals surface area contributed by atoms with Gasteiger partial charge >= 0.3 is 5.69 Å². The van der Waals surface area contributed by atoms with Gasteiger partial charge in [-0.2, -0.15) is 0 Å². The molecule has 3 atom stereocenters. The summed E-state index contributed by atoms with van der Waals surface area (Å²) < 4.78 is 6.94. The van der Waals surface area contributed by atoms with Gasteiger partial charge in [0.15, 0.2) is 11.6 Å². The largest absolute Gasteiger partial charge is 0.490 e. The van der Waals surface area contributed by atoms with Gasteiger partial charge in [0.25, 0.3) is 0 Å². The molecule has 0 spiro atoms. The predicted octanol–water partition coefficient (Wildman–Crippen LogP) is 2.79. The van der Waals surface area contributed by atoms with E-state index in [1.807, 2.05) is 26.8 Å². The van der Waals surface area contributed by atoms with Gasteiger partial charge in [-0.25, -0.2) is 4.68 Å². The van der Waals surface area contributed by atoms with Gasteiger partial charge in [0, 0.05) is 6.07 Å². The molecule has 1 aliphatic carbocycles. The van der Waals surface area contributed by atoms with Crippen LogP contribution in [-0.4, -0.2) is 45.3 Å². The number of nitrogens with zero attached hydrogens (tertiary/aromatic N) is 5. The topological polar surface area (TPSA) is 134 Å². The molecule has 1 fully saturated rings. The molecule has 1 aromatic heterocycles. The van der Waals surface area contributed by atoms with Crippen molar-refractivity contribution in [3.8, 4) is 5.75 Å². The van der Waals surface area contributed by atoms with Crippen LogP contribution in [0.15, 0.2) is 18.2 Å². The zero-order chi connectivity index (χ0) is 22.6. The lowest BCUT2D eigenvalue weighted by atomic mass is 9.81. The van der Waals surface area contributed by atoms with E-state index in [9.17, 15) is 10.1 Å². The van der Waals surface area contributed by atoms with E-state index >= 15 is 0 Å². The molecule has 0 saturated heterocycles. The number of nitrogens with one attached hydrogen (secondary N) is 1. The summed E-state index contributed by atoms with van der Waals surface area (Å²) in [6.45, 7) is 7.54. The number of nitrogens with two attached hydrogens (primary N) is 1. The average molecular weight is 432 g/mol. The Hall–Kier alpha value is -2.59. The van der Waals surface area contributed by atoms with E-state index in [0.717, 1.165) is 24.9 Å². The quantitative estimate of drug-likeness (QED) is 0.481. The highest BCUT2D eigenvalue weighted by molar-refractivity contribution is 5.50. The molecule has 3 unspecified atom stereocenters. The minimum absolute atomic E-state index is 0.0811. The zero-order valence-corrected chi connectivity index (χ0v) is 18.7. The van der Waals surface area contributed by atoms with Crippen molar-refractivity contribution in [2.24, 2.45) is 17.6 Å². The molecule has 1 aliphatic rings. The second kappa shape index (κ2) is 9.69. The molecule has 0 aliphatic heterocycles. The molecule has 2 aromatic rings. The smallest absolute Gasteiger partial charge is 0.311 e. The van der Waals surface area contributed by atoms with Crippen LogP contribution in [0.1, 0.15) is 63.9 Å². The van der Waals surface area contributed by atoms with Crippen LogP contribution in [0.5, 0.6) is 5.75 Å². The van der Waals surface area contributed by atoms with E-state index in [4.69, 9.17) is 10.5 Å². The summed E-state index contributed by atoms with van der Waals surface area (Å²) in [5.74, 6) is 1.90. The van der Waals surface area contributed by atoms with Crippen molar-refractivity contribution in [2.75, 3.05) is 20.2 Å². The Balaban J connectivity index is 1.95. The fourth-order valence-corrected chi connectivity index (χ4v) is 4.33. The van der Waals surface area contributed by atoms with Gasteiger partial charge in [0.2, 0.25) is 0 Å². The molecule has 1 heterocycles. The van der Waals surface area contributed by atoms with Crippen LogP contribution >= 0.6 is 0 Å². The van der Waals surface area contributed by atoms with Gasteiger partial charge < -0.3 is 15.8 Å². The summed E-state index contributed by atoms with van der Waals surface area (Å²) in [6, 6.07) is 4.60. The molecule has 170 valence electrons. The summed E-state index contributed by atoms with van der Waals surface area (Å²) in [4.78, 5) is 11.2. The molecule has 1 aromatic carbocycles. The molecule has 3 N–H and O–H groups in total. The standard InChI is InChI=1S/C21H33N7O3/c1-21(2,3)27-20(24-25-26-27)19(23-13-15-7-5-6-14(10-15)12-22)16-8-9-18(31-4)17(11-16)28(29)30/h8-9,11,14-15,19,23H,5-7,10,12-13,22H2,1-4H3. The van der Waals surface area contributed by atoms with E-state index in [1.165, 1.54) is 20.0 Å². The molecule has 0 amide bonds. The number of hydrogen-bond donors (Lipinski definition) is 2. The Labute approximate surface area is 182 Å². The van der Waals surface area contributed by atoms with Crippen molar-refractivity contribution in [1.29, 1.82) is 0 Å². The first-order valence-electron chi connectivity index (χ1n) is 10.8. The van der Waals surface area contributed by atoms with E-state index in [0.29, 0.717) is 24.2 Å². The summed E-state index contributed by atoms with van der Waals surface area (Å²) in [5.41, 5.74) is 6.20. The molecule has 0 bridgehead atoms. The van der Waals surface area contributed by atoms with Crippen molar-refractivity contribution < 1.29 is 9.66 Å². The summed E-state index contributed by atoms with van der Waals surface area (Å²) in [5, 5.41) is 27.6. The number of rotatable bonds is 8. The summed E-state index contributed by atoms with van der Waals surface area (Å²) >= 11 is 0. The number of tetrazole rings is 1. The highest BCUT2D eigenvalue weighted by Crippen LogP contribution is 2.33. The molecule has 1 saturated carbocycles. The van der Waals surface area contributed by atoms with Gasteiger partial charge in [-0.15, -0.1) is 5.10 Å². The summed E-state index contributed by atoms with van der Waals surface area (Å²) in [6.07, 6.45) is 4.59. The van der Waals surface area contributed by atoms with Crippen molar-refractivity contribution in [1.82, 2.24) is 25.5 Å². The first-order valence-corrected chi connectivity index (χ1v) is 10.8. The van der Waals surface area contributed by atoms with Gasteiger partial charge in [-0.05, 0) is 87.0 Å². The van der Waals surface area contributed by atoms with Crippen LogP contribution in [0, 0.1) is 22.0 Å². The van der Waals surface area contributed by atoms with Crippen molar-refractivity contribution in [2.45, 2.75) is 58.0 Å². The maximum atomic E-state index is 11.6. The number of nitro groups is 1. The van der Waals surface area contributed by atoms with Crippen LogP contribution in [0.3, 0.4) is 0 Å². The van der Waals surface area contributed by atoms with Gasteiger partial charge in [0.1, 0.15) is 0 Å². The molecular formula is C21H33N7O3. The maximum absolute atomic E-state index is 11.6.